The molecule has 2 aromatic rings. The molecule has 0 bridgehead atoms. The predicted octanol–water partition coefficient (Wildman–Crippen LogP) is 1.63. The van der Waals surface area contributed by atoms with E-state index in [-0.39, 0.29) is 17.7 Å². The molecule has 6 heteroatoms. The monoisotopic (exact) mass is 338 g/mol. The summed E-state index contributed by atoms with van der Waals surface area (Å²) < 4.78 is 1.85. The van der Waals surface area contributed by atoms with Gasteiger partial charge in [-0.25, -0.2) is 0 Å². The van der Waals surface area contributed by atoms with Crippen molar-refractivity contribution in [3.63, 3.8) is 0 Å². The Balaban J connectivity index is 1.34. The number of carbonyl (C=O) groups is 2. The van der Waals surface area contributed by atoms with Gasteiger partial charge < -0.3 is 9.80 Å². The highest BCUT2D eigenvalue weighted by molar-refractivity contribution is 5.94. The van der Waals surface area contributed by atoms with Gasteiger partial charge in [-0.15, -0.1) is 0 Å². The molecule has 2 amide bonds. The van der Waals surface area contributed by atoms with Crippen LogP contribution in [-0.4, -0.2) is 57.6 Å². The maximum atomic E-state index is 12.7. The fourth-order valence-corrected chi connectivity index (χ4v) is 3.23. The fraction of sp³-hybridized carbons (Fsp3) is 0.421. The van der Waals surface area contributed by atoms with Gasteiger partial charge in [-0.05, 0) is 36.6 Å². The van der Waals surface area contributed by atoms with Crippen molar-refractivity contribution in [3.05, 3.63) is 53.9 Å². The second-order valence-corrected chi connectivity index (χ2v) is 6.79. The van der Waals surface area contributed by atoms with E-state index in [1.165, 1.54) is 0 Å². The highest BCUT2D eigenvalue weighted by Crippen LogP contribution is 2.31. The molecule has 1 aromatic heterocycles. The minimum Gasteiger partial charge on any atom is -0.339 e. The van der Waals surface area contributed by atoms with Gasteiger partial charge in [0.05, 0.1) is 6.54 Å². The quantitative estimate of drug-likeness (QED) is 0.851. The number of piperazine rings is 1. The number of nitrogens with zero attached hydrogens (tertiary/aromatic N) is 4. The van der Waals surface area contributed by atoms with Crippen LogP contribution in [0.1, 0.15) is 28.8 Å². The zero-order valence-corrected chi connectivity index (χ0v) is 14.2. The molecule has 1 saturated heterocycles. The van der Waals surface area contributed by atoms with Gasteiger partial charge in [0.15, 0.2) is 0 Å². The van der Waals surface area contributed by atoms with Crippen LogP contribution in [0.4, 0.5) is 0 Å². The lowest BCUT2D eigenvalue weighted by Crippen LogP contribution is -2.51. The van der Waals surface area contributed by atoms with Crippen LogP contribution in [0.2, 0.25) is 0 Å². The molecule has 1 saturated carbocycles. The number of rotatable bonds is 4. The van der Waals surface area contributed by atoms with E-state index in [0.29, 0.717) is 38.3 Å². The summed E-state index contributed by atoms with van der Waals surface area (Å²) in [5.41, 5.74) is 1.81. The first-order chi connectivity index (χ1) is 12.2. The maximum absolute atomic E-state index is 12.7. The summed E-state index contributed by atoms with van der Waals surface area (Å²) >= 11 is 0. The summed E-state index contributed by atoms with van der Waals surface area (Å²) in [5.74, 6) is 0.573. The second-order valence-electron chi connectivity index (χ2n) is 6.79. The van der Waals surface area contributed by atoms with Gasteiger partial charge in [0.1, 0.15) is 0 Å². The molecular weight excluding hydrogens is 316 g/mol. The summed E-state index contributed by atoms with van der Waals surface area (Å²) in [6.45, 7) is 3.24. The van der Waals surface area contributed by atoms with Gasteiger partial charge in [0.25, 0.3) is 5.91 Å². The summed E-state index contributed by atoms with van der Waals surface area (Å²) in [6, 6.07) is 9.60. The van der Waals surface area contributed by atoms with E-state index in [1.807, 2.05) is 51.0 Å². The molecule has 130 valence electrons. The zero-order valence-electron chi connectivity index (χ0n) is 14.2. The summed E-state index contributed by atoms with van der Waals surface area (Å²) in [5, 5.41) is 4.19. The number of benzene rings is 1. The van der Waals surface area contributed by atoms with Crippen LogP contribution >= 0.6 is 0 Å². The molecule has 0 radical (unpaired) electrons. The molecule has 1 aromatic carbocycles. The number of aromatic nitrogens is 2. The molecule has 25 heavy (non-hydrogen) atoms. The molecule has 0 N–H and O–H groups in total. The maximum Gasteiger partial charge on any atom is 0.253 e. The third-order valence-corrected chi connectivity index (χ3v) is 4.91. The smallest absolute Gasteiger partial charge is 0.253 e. The fourth-order valence-electron chi connectivity index (χ4n) is 3.23. The Hall–Kier alpha value is -2.63. The number of carbonyl (C=O) groups excluding carboxylic acids is 2. The van der Waals surface area contributed by atoms with Crippen LogP contribution in [0.5, 0.6) is 0 Å². The highest BCUT2D eigenvalue weighted by atomic mass is 16.2. The third kappa shape index (κ3) is 3.57. The van der Waals surface area contributed by atoms with E-state index >= 15 is 0 Å². The standard InChI is InChI=1S/C19H22N4O2/c24-18(21-10-12-22(13-11-21)19(25)17-6-7-17)16-4-2-15(3-5-16)14-23-9-1-8-20-23/h1-5,8-9,17H,6-7,10-14H2. The van der Waals surface area contributed by atoms with Crippen molar-refractivity contribution in [2.45, 2.75) is 19.4 Å². The predicted molar refractivity (Wildman–Crippen MR) is 93.0 cm³/mol. The Bertz CT molecular complexity index is 742. The van der Waals surface area contributed by atoms with Gasteiger partial charge in [-0.3, -0.25) is 14.3 Å². The topological polar surface area (TPSA) is 58.4 Å². The van der Waals surface area contributed by atoms with Crippen LogP contribution in [0.15, 0.2) is 42.7 Å². The average Bonchev–Trinajstić information content (AvgIpc) is 3.39. The first kappa shape index (κ1) is 15.9. The molecule has 0 atom stereocenters. The Labute approximate surface area is 147 Å². The average molecular weight is 338 g/mol. The summed E-state index contributed by atoms with van der Waals surface area (Å²) in [7, 11) is 0. The van der Waals surface area contributed by atoms with E-state index in [4.69, 9.17) is 0 Å². The zero-order chi connectivity index (χ0) is 17.2. The normalized spacial score (nSPS) is 17.6. The van der Waals surface area contributed by atoms with E-state index in [9.17, 15) is 9.59 Å². The SMILES string of the molecule is O=C(c1ccc(Cn2cccn2)cc1)N1CCN(C(=O)C2CC2)CC1. The first-order valence-electron chi connectivity index (χ1n) is 8.85. The summed E-state index contributed by atoms with van der Waals surface area (Å²) in [4.78, 5) is 28.5. The molecular formula is C19H22N4O2. The molecule has 2 heterocycles. The molecule has 6 nitrogen and oxygen atoms in total. The van der Waals surface area contributed by atoms with Crippen molar-refractivity contribution in [1.29, 1.82) is 0 Å². The van der Waals surface area contributed by atoms with Crippen LogP contribution in [0.3, 0.4) is 0 Å². The lowest BCUT2D eigenvalue weighted by molar-refractivity contribution is -0.134. The Morgan fingerprint density at radius 2 is 1.68 bits per heavy atom. The van der Waals surface area contributed by atoms with E-state index in [1.54, 1.807) is 6.20 Å². The first-order valence-corrected chi connectivity index (χ1v) is 8.85. The van der Waals surface area contributed by atoms with Crippen molar-refractivity contribution in [3.8, 4) is 0 Å². The Morgan fingerprint density at radius 1 is 1.00 bits per heavy atom. The molecule has 2 aliphatic rings. The Kier molecular flexibility index (Phi) is 4.26. The van der Waals surface area contributed by atoms with E-state index in [0.717, 1.165) is 18.4 Å². The van der Waals surface area contributed by atoms with Gasteiger partial charge >= 0.3 is 0 Å². The molecule has 1 aliphatic carbocycles. The van der Waals surface area contributed by atoms with Gasteiger partial charge in [-0.1, -0.05) is 12.1 Å². The van der Waals surface area contributed by atoms with Crippen molar-refractivity contribution in [2.75, 3.05) is 26.2 Å². The molecule has 4 rings (SSSR count). The van der Waals surface area contributed by atoms with E-state index < -0.39 is 0 Å². The highest BCUT2D eigenvalue weighted by Gasteiger charge is 2.35. The second kappa shape index (κ2) is 6.70. The van der Waals surface area contributed by atoms with Gasteiger partial charge in [0.2, 0.25) is 5.91 Å². The van der Waals surface area contributed by atoms with Gasteiger partial charge in [-0.2, -0.15) is 5.10 Å². The minimum atomic E-state index is 0.0455. The lowest BCUT2D eigenvalue weighted by Gasteiger charge is -2.35. The van der Waals surface area contributed by atoms with E-state index in [2.05, 4.69) is 5.10 Å². The van der Waals surface area contributed by atoms with Gasteiger partial charge in [0, 0.05) is 50.1 Å². The largest absolute Gasteiger partial charge is 0.339 e. The molecule has 0 unspecified atom stereocenters. The molecule has 1 aliphatic heterocycles. The molecule has 2 fully saturated rings. The third-order valence-electron chi connectivity index (χ3n) is 4.91. The Morgan fingerprint density at radius 3 is 2.28 bits per heavy atom. The molecule has 0 spiro atoms. The van der Waals surface area contributed by atoms with Crippen molar-refractivity contribution in [2.24, 2.45) is 5.92 Å². The van der Waals surface area contributed by atoms with Crippen LogP contribution in [-0.2, 0) is 11.3 Å². The van der Waals surface area contributed by atoms with Crippen LogP contribution in [0, 0.1) is 5.92 Å². The van der Waals surface area contributed by atoms with Crippen LogP contribution in [0.25, 0.3) is 0 Å². The van der Waals surface area contributed by atoms with Crippen molar-refractivity contribution >= 4 is 11.8 Å². The van der Waals surface area contributed by atoms with Crippen molar-refractivity contribution < 1.29 is 9.59 Å². The number of amides is 2. The lowest BCUT2D eigenvalue weighted by atomic mass is 10.1. The van der Waals surface area contributed by atoms with Crippen LogP contribution < -0.4 is 0 Å². The summed E-state index contributed by atoms with van der Waals surface area (Å²) in [6.07, 6.45) is 5.73. The number of hydrogen-bond acceptors (Lipinski definition) is 3. The number of hydrogen-bond donors (Lipinski definition) is 0. The minimum absolute atomic E-state index is 0.0455. The van der Waals surface area contributed by atoms with Crippen molar-refractivity contribution in [1.82, 2.24) is 19.6 Å².